The van der Waals surface area contributed by atoms with E-state index in [2.05, 4.69) is 30.4 Å². The van der Waals surface area contributed by atoms with Crippen LogP contribution in [-0.2, 0) is 0 Å². The van der Waals surface area contributed by atoms with Crippen molar-refractivity contribution in [3.8, 4) is 0 Å². The summed E-state index contributed by atoms with van der Waals surface area (Å²) in [7, 11) is 2.10. The van der Waals surface area contributed by atoms with Crippen LogP contribution in [-0.4, -0.2) is 31.3 Å². The number of likely N-dealkylation sites (N-methyl/N-ethyl adjacent to an activating group) is 1. The molecule has 0 bridgehead atoms. The maximum atomic E-state index is 4.39. The average molecular weight is 164 g/mol. The highest BCUT2D eigenvalue weighted by Gasteiger charge is 2.14. The molecule has 0 spiro atoms. The van der Waals surface area contributed by atoms with Crippen molar-refractivity contribution in [1.82, 2.24) is 4.90 Å². The maximum absolute atomic E-state index is 4.39. The molecule has 1 aliphatic heterocycles. The molecule has 12 heavy (non-hydrogen) atoms. The topological polar surface area (TPSA) is 15.6 Å². The van der Waals surface area contributed by atoms with Gasteiger partial charge in [-0.05, 0) is 19.0 Å². The molecule has 0 aliphatic carbocycles. The highest BCUT2D eigenvalue weighted by Crippen LogP contribution is 2.17. The summed E-state index contributed by atoms with van der Waals surface area (Å²) in [5.74, 6) is 0. The fourth-order valence-corrected chi connectivity index (χ4v) is 1.30. The zero-order valence-electron chi connectivity index (χ0n) is 7.88. The molecule has 2 nitrogen and oxygen atoms in total. The van der Waals surface area contributed by atoms with Gasteiger partial charge in [-0.2, -0.15) is 0 Å². The van der Waals surface area contributed by atoms with Gasteiger partial charge in [0.05, 0.1) is 5.70 Å². The molecule has 0 fully saturated rings. The Kier molecular flexibility index (Phi) is 3.23. The second kappa shape index (κ2) is 4.21. The van der Waals surface area contributed by atoms with E-state index in [9.17, 15) is 0 Å². The minimum atomic E-state index is 0.956. The molecule has 0 radical (unpaired) electrons. The van der Waals surface area contributed by atoms with Gasteiger partial charge in [0.15, 0.2) is 0 Å². The van der Waals surface area contributed by atoms with E-state index in [4.69, 9.17) is 0 Å². The van der Waals surface area contributed by atoms with Crippen LogP contribution in [0.15, 0.2) is 28.9 Å². The molecule has 1 heterocycles. The van der Waals surface area contributed by atoms with Crippen molar-refractivity contribution in [2.24, 2.45) is 4.99 Å². The lowest BCUT2D eigenvalue weighted by Gasteiger charge is -2.04. The van der Waals surface area contributed by atoms with Gasteiger partial charge in [-0.1, -0.05) is 19.6 Å². The zero-order valence-corrected chi connectivity index (χ0v) is 7.88. The van der Waals surface area contributed by atoms with Crippen LogP contribution < -0.4 is 0 Å². The van der Waals surface area contributed by atoms with Gasteiger partial charge in [0.2, 0.25) is 0 Å². The predicted molar refractivity (Wildman–Crippen MR) is 53.5 cm³/mol. The first kappa shape index (κ1) is 9.20. The number of hydrogen-bond acceptors (Lipinski definition) is 2. The van der Waals surface area contributed by atoms with E-state index in [0.29, 0.717) is 0 Å². The number of aliphatic imine (C=N–C) groups is 1. The van der Waals surface area contributed by atoms with Crippen molar-refractivity contribution < 1.29 is 0 Å². The van der Waals surface area contributed by atoms with Gasteiger partial charge in [0, 0.05) is 19.3 Å². The summed E-state index contributed by atoms with van der Waals surface area (Å²) >= 11 is 0. The second-order valence-corrected chi connectivity index (χ2v) is 3.07. The van der Waals surface area contributed by atoms with Crippen LogP contribution in [0, 0.1) is 0 Å². The van der Waals surface area contributed by atoms with Gasteiger partial charge in [-0.3, -0.25) is 9.89 Å². The first-order valence-electron chi connectivity index (χ1n) is 4.33. The molecule has 0 aromatic heterocycles. The molecule has 0 atom stereocenters. The largest absolute Gasteiger partial charge is 0.296 e. The minimum Gasteiger partial charge on any atom is -0.296 e. The normalized spacial score (nSPS) is 19.5. The molecule has 1 rings (SSSR count). The summed E-state index contributed by atoms with van der Waals surface area (Å²) in [4.78, 5) is 6.62. The lowest BCUT2D eigenvalue weighted by molar-refractivity contribution is 0.425. The Morgan fingerprint density at radius 2 is 2.33 bits per heavy atom. The number of nitrogens with zero attached hydrogens (tertiary/aromatic N) is 2. The smallest absolute Gasteiger partial charge is 0.0584 e. The van der Waals surface area contributed by atoms with E-state index in [1.54, 1.807) is 0 Å². The highest BCUT2D eigenvalue weighted by atomic mass is 15.1. The molecule has 0 aromatic carbocycles. The summed E-state index contributed by atoms with van der Waals surface area (Å²) < 4.78 is 0. The van der Waals surface area contributed by atoms with Crippen LogP contribution >= 0.6 is 0 Å². The van der Waals surface area contributed by atoms with Crippen molar-refractivity contribution in [2.75, 3.05) is 20.1 Å². The fraction of sp³-hybridized carbons (Fsp3) is 0.500. The molecule has 0 saturated heterocycles. The molecule has 0 N–H and O–H groups in total. The molecular formula is C10H16N2. The van der Waals surface area contributed by atoms with Gasteiger partial charge in [-0.15, -0.1) is 0 Å². The Bertz CT molecular complexity index is 226. The standard InChI is InChI=1S/C10H16N2/c1-4-6-11-10-8-12(3)7-9(10)5-2/h5-6H,2,4,7-8H2,1,3H3. The predicted octanol–water partition coefficient (Wildman–Crippen LogP) is 1.85. The van der Waals surface area contributed by atoms with E-state index < -0.39 is 0 Å². The Hall–Kier alpha value is -0.890. The highest BCUT2D eigenvalue weighted by molar-refractivity contribution is 5.59. The molecule has 0 saturated carbocycles. The van der Waals surface area contributed by atoms with Crippen LogP contribution in [0.25, 0.3) is 0 Å². The van der Waals surface area contributed by atoms with Crippen molar-refractivity contribution in [2.45, 2.75) is 13.3 Å². The third-order valence-corrected chi connectivity index (χ3v) is 1.91. The first-order valence-corrected chi connectivity index (χ1v) is 4.33. The summed E-state index contributed by atoms with van der Waals surface area (Å²) in [6, 6.07) is 0. The quantitative estimate of drug-likeness (QED) is 0.581. The van der Waals surface area contributed by atoms with Crippen molar-refractivity contribution in [3.63, 3.8) is 0 Å². The summed E-state index contributed by atoms with van der Waals surface area (Å²) in [5.41, 5.74) is 2.44. The van der Waals surface area contributed by atoms with Crippen molar-refractivity contribution in [3.05, 3.63) is 23.9 Å². The van der Waals surface area contributed by atoms with E-state index in [1.165, 1.54) is 11.3 Å². The fourth-order valence-electron chi connectivity index (χ4n) is 1.30. The monoisotopic (exact) mass is 164 g/mol. The second-order valence-electron chi connectivity index (χ2n) is 3.07. The Morgan fingerprint density at radius 1 is 1.58 bits per heavy atom. The maximum Gasteiger partial charge on any atom is 0.0584 e. The molecule has 0 unspecified atom stereocenters. The van der Waals surface area contributed by atoms with Crippen molar-refractivity contribution in [1.29, 1.82) is 0 Å². The van der Waals surface area contributed by atoms with Crippen LogP contribution in [0.1, 0.15) is 13.3 Å². The number of hydrogen-bond donors (Lipinski definition) is 0. The van der Waals surface area contributed by atoms with Gasteiger partial charge in [0.25, 0.3) is 0 Å². The van der Waals surface area contributed by atoms with E-state index in [1.807, 2.05) is 12.3 Å². The number of rotatable bonds is 3. The first-order chi connectivity index (χ1) is 5.77. The van der Waals surface area contributed by atoms with Crippen LogP contribution in [0.3, 0.4) is 0 Å². The van der Waals surface area contributed by atoms with Gasteiger partial charge >= 0.3 is 0 Å². The Labute approximate surface area is 74.3 Å². The minimum absolute atomic E-state index is 0.956. The molecule has 2 heteroatoms. The van der Waals surface area contributed by atoms with Crippen LogP contribution in [0.4, 0.5) is 0 Å². The summed E-state index contributed by atoms with van der Waals surface area (Å²) in [6.45, 7) is 7.81. The molecule has 66 valence electrons. The van der Waals surface area contributed by atoms with E-state index in [-0.39, 0.29) is 0 Å². The third kappa shape index (κ3) is 2.05. The van der Waals surface area contributed by atoms with Gasteiger partial charge in [0.1, 0.15) is 0 Å². The van der Waals surface area contributed by atoms with E-state index in [0.717, 1.165) is 19.5 Å². The molecular weight excluding hydrogens is 148 g/mol. The average Bonchev–Trinajstić information content (AvgIpc) is 2.42. The third-order valence-electron chi connectivity index (χ3n) is 1.91. The zero-order chi connectivity index (χ0) is 8.97. The van der Waals surface area contributed by atoms with Crippen molar-refractivity contribution >= 4 is 6.21 Å². The van der Waals surface area contributed by atoms with Gasteiger partial charge < -0.3 is 0 Å². The van der Waals surface area contributed by atoms with Crippen LogP contribution in [0.2, 0.25) is 0 Å². The van der Waals surface area contributed by atoms with Crippen LogP contribution in [0.5, 0.6) is 0 Å². The summed E-state index contributed by atoms with van der Waals surface area (Å²) in [5, 5.41) is 0. The lowest BCUT2D eigenvalue weighted by atomic mass is 10.2. The lowest BCUT2D eigenvalue weighted by Crippen LogP contribution is -2.14. The molecule has 0 amide bonds. The molecule has 0 aromatic rings. The Morgan fingerprint density at radius 3 is 2.92 bits per heavy atom. The Balaban J connectivity index is 2.71. The van der Waals surface area contributed by atoms with Gasteiger partial charge in [-0.25, -0.2) is 0 Å². The molecule has 1 aliphatic rings. The SMILES string of the molecule is C=CC1=C(N=CCC)CN(C)C1. The van der Waals surface area contributed by atoms with E-state index >= 15 is 0 Å². The summed E-state index contributed by atoms with van der Waals surface area (Å²) in [6.07, 6.45) is 4.86.